The smallest absolute Gasteiger partial charge is 0.123 e. The Balaban J connectivity index is 2.03. The first-order valence-electron chi connectivity index (χ1n) is 5.40. The molecule has 0 amide bonds. The van der Waals surface area contributed by atoms with E-state index >= 15 is 0 Å². The van der Waals surface area contributed by atoms with Crippen LogP contribution in [0.5, 0.6) is 0 Å². The van der Waals surface area contributed by atoms with E-state index < -0.39 is 0 Å². The summed E-state index contributed by atoms with van der Waals surface area (Å²) in [7, 11) is 0. The molecule has 0 saturated carbocycles. The number of anilines is 1. The van der Waals surface area contributed by atoms with Crippen molar-refractivity contribution in [2.75, 3.05) is 18.8 Å². The molecule has 0 aromatic carbocycles. The lowest BCUT2D eigenvalue weighted by molar-refractivity contribution is -0.0591. The Hall–Kier alpha value is -1.13. The van der Waals surface area contributed by atoms with Crippen molar-refractivity contribution in [2.45, 2.75) is 25.0 Å². The number of nitrogens with two attached hydrogens (primary N) is 1. The summed E-state index contributed by atoms with van der Waals surface area (Å²) >= 11 is 0. The Morgan fingerprint density at radius 1 is 1.40 bits per heavy atom. The number of nitrogen functional groups attached to an aromatic ring is 1. The van der Waals surface area contributed by atoms with E-state index in [1.807, 2.05) is 12.3 Å². The van der Waals surface area contributed by atoms with E-state index in [-0.39, 0.29) is 5.60 Å². The van der Waals surface area contributed by atoms with Gasteiger partial charge in [0, 0.05) is 11.8 Å². The van der Waals surface area contributed by atoms with Gasteiger partial charge in [0.25, 0.3) is 0 Å². The molecule has 1 saturated heterocycles. The Morgan fingerprint density at radius 2 is 2.20 bits per heavy atom. The molecule has 4 heteroatoms. The van der Waals surface area contributed by atoms with Gasteiger partial charge in [0.05, 0.1) is 12.2 Å². The lowest BCUT2D eigenvalue weighted by atomic mass is 9.85. The summed E-state index contributed by atoms with van der Waals surface area (Å²) in [6.45, 7) is 2.72. The molecule has 1 aromatic rings. The zero-order chi connectivity index (χ0) is 10.3. The molecule has 0 bridgehead atoms. The van der Waals surface area contributed by atoms with Crippen LogP contribution in [0.4, 0.5) is 5.82 Å². The molecule has 0 unspecified atom stereocenters. The molecule has 80 valence electrons. The normalized spacial score (nSPS) is 22.9. The van der Waals surface area contributed by atoms with Crippen molar-refractivity contribution in [1.82, 2.24) is 10.3 Å². The van der Waals surface area contributed by atoms with Crippen LogP contribution in [-0.4, -0.2) is 18.1 Å². The van der Waals surface area contributed by atoms with Crippen LogP contribution < -0.4 is 11.1 Å². The van der Waals surface area contributed by atoms with E-state index in [1.54, 1.807) is 0 Å². The highest BCUT2D eigenvalue weighted by molar-refractivity contribution is 5.41. The van der Waals surface area contributed by atoms with Crippen LogP contribution in [0.2, 0.25) is 0 Å². The van der Waals surface area contributed by atoms with Gasteiger partial charge in [-0.15, -0.1) is 0 Å². The lowest BCUT2D eigenvalue weighted by Crippen LogP contribution is -2.39. The summed E-state index contributed by atoms with van der Waals surface area (Å²) in [5.41, 5.74) is 8.05. The maximum absolute atomic E-state index is 5.97. The largest absolute Gasteiger partial charge is 0.384 e. The summed E-state index contributed by atoms with van der Waals surface area (Å²) in [5.74, 6) is 0.586. The molecule has 3 rings (SSSR count). The molecule has 3 N–H and O–H groups in total. The number of nitrogens with zero attached hydrogens (tertiary/aromatic N) is 1. The predicted molar refractivity (Wildman–Crippen MR) is 57.2 cm³/mol. The quantitative estimate of drug-likeness (QED) is 0.657. The number of hydrogen-bond donors (Lipinski definition) is 2. The van der Waals surface area contributed by atoms with Crippen molar-refractivity contribution in [3.05, 3.63) is 23.4 Å². The summed E-state index contributed by atoms with van der Waals surface area (Å²) in [5, 5.41) is 3.35. The molecule has 2 aliphatic rings. The van der Waals surface area contributed by atoms with Crippen LogP contribution in [0.3, 0.4) is 0 Å². The van der Waals surface area contributed by atoms with Gasteiger partial charge in [0.15, 0.2) is 0 Å². The first kappa shape index (κ1) is 9.12. The number of nitrogens with one attached hydrogen (secondary N) is 1. The zero-order valence-electron chi connectivity index (χ0n) is 8.62. The topological polar surface area (TPSA) is 60.2 Å². The minimum absolute atomic E-state index is 0.0821. The molecular formula is C11H15N3O. The third kappa shape index (κ3) is 1.33. The van der Waals surface area contributed by atoms with Crippen LogP contribution >= 0.6 is 0 Å². The van der Waals surface area contributed by atoms with Gasteiger partial charge >= 0.3 is 0 Å². The van der Waals surface area contributed by atoms with Gasteiger partial charge in [-0.25, -0.2) is 4.98 Å². The second-order valence-electron chi connectivity index (χ2n) is 4.30. The van der Waals surface area contributed by atoms with E-state index in [0.29, 0.717) is 12.4 Å². The standard InChI is InChI=1S/C11H15N3O/c12-10-5-8-7-15-11(9(8)6-14-10)1-3-13-4-2-11/h5-6,13H,1-4,7H2,(H2,12,14). The number of pyridine rings is 1. The van der Waals surface area contributed by atoms with Gasteiger partial charge in [-0.05, 0) is 37.6 Å². The number of fused-ring (bicyclic) bond motifs is 2. The Bertz CT molecular complexity index is 385. The summed E-state index contributed by atoms with van der Waals surface area (Å²) < 4.78 is 5.97. The van der Waals surface area contributed by atoms with Crippen molar-refractivity contribution in [2.24, 2.45) is 0 Å². The molecule has 1 fully saturated rings. The van der Waals surface area contributed by atoms with Crippen LogP contribution in [0.25, 0.3) is 0 Å². The Labute approximate surface area is 88.8 Å². The van der Waals surface area contributed by atoms with E-state index in [2.05, 4.69) is 10.3 Å². The van der Waals surface area contributed by atoms with Gasteiger partial charge in [-0.3, -0.25) is 0 Å². The monoisotopic (exact) mass is 205 g/mol. The molecule has 0 aliphatic carbocycles. The van der Waals surface area contributed by atoms with Crippen molar-refractivity contribution < 1.29 is 4.74 Å². The Morgan fingerprint density at radius 3 is 3.00 bits per heavy atom. The summed E-state index contributed by atoms with van der Waals surface area (Å²) in [6, 6.07) is 1.94. The highest BCUT2D eigenvalue weighted by Gasteiger charge is 2.41. The second kappa shape index (κ2) is 3.18. The molecule has 4 nitrogen and oxygen atoms in total. The fourth-order valence-electron chi connectivity index (χ4n) is 2.58. The third-order valence-electron chi connectivity index (χ3n) is 3.42. The van der Waals surface area contributed by atoms with Crippen molar-refractivity contribution >= 4 is 5.82 Å². The first-order valence-corrected chi connectivity index (χ1v) is 5.40. The highest BCUT2D eigenvalue weighted by Crippen LogP contribution is 2.42. The fraction of sp³-hybridized carbons (Fsp3) is 0.545. The zero-order valence-corrected chi connectivity index (χ0v) is 8.62. The van der Waals surface area contributed by atoms with Gasteiger partial charge in [0.1, 0.15) is 5.82 Å². The number of ether oxygens (including phenoxy) is 1. The van der Waals surface area contributed by atoms with Crippen LogP contribution in [0.1, 0.15) is 24.0 Å². The molecule has 15 heavy (non-hydrogen) atoms. The minimum Gasteiger partial charge on any atom is -0.384 e. The average Bonchev–Trinajstić information content (AvgIpc) is 2.58. The average molecular weight is 205 g/mol. The Kier molecular flexibility index (Phi) is 1.94. The highest BCUT2D eigenvalue weighted by atomic mass is 16.5. The van der Waals surface area contributed by atoms with Gasteiger partial charge in [0.2, 0.25) is 0 Å². The maximum atomic E-state index is 5.97. The third-order valence-corrected chi connectivity index (χ3v) is 3.42. The molecule has 2 aliphatic heterocycles. The van der Waals surface area contributed by atoms with Crippen LogP contribution in [0.15, 0.2) is 12.3 Å². The molecule has 1 aromatic heterocycles. The summed E-state index contributed by atoms with van der Waals surface area (Å²) in [4.78, 5) is 4.18. The van der Waals surface area contributed by atoms with Crippen molar-refractivity contribution in [3.63, 3.8) is 0 Å². The van der Waals surface area contributed by atoms with Crippen molar-refractivity contribution in [3.8, 4) is 0 Å². The number of aromatic nitrogens is 1. The molecule has 0 atom stereocenters. The number of rotatable bonds is 0. The summed E-state index contributed by atoms with van der Waals surface area (Å²) in [6.07, 6.45) is 3.96. The molecule has 0 radical (unpaired) electrons. The minimum atomic E-state index is -0.0821. The molecular weight excluding hydrogens is 190 g/mol. The number of hydrogen-bond acceptors (Lipinski definition) is 4. The van der Waals surface area contributed by atoms with Crippen LogP contribution in [0, 0.1) is 0 Å². The van der Waals surface area contributed by atoms with E-state index in [1.165, 1.54) is 11.1 Å². The predicted octanol–water partition coefficient (Wildman–Crippen LogP) is 0.773. The van der Waals surface area contributed by atoms with Gasteiger partial charge < -0.3 is 15.8 Å². The van der Waals surface area contributed by atoms with E-state index in [0.717, 1.165) is 25.9 Å². The van der Waals surface area contributed by atoms with E-state index in [9.17, 15) is 0 Å². The van der Waals surface area contributed by atoms with Crippen LogP contribution in [-0.2, 0) is 16.9 Å². The van der Waals surface area contributed by atoms with Crippen molar-refractivity contribution in [1.29, 1.82) is 0 Å². The lowest BCUT2D eigenvalue weighted by Gasteiger charge is -2.33. The van der Waals surface area contributed by atoms with Gasteiger partial charge in [-0.1, -0.05) is 0 Å². The second-order valence-corrected chi connectivity index (χ2v) is 4.30. The van der Waals surface area contributed by atoms with Gasteiger partial charge in [-0.2, -0.15) is 0 Å². The molecule has 1 spiro atoms. The van der Waals surface area contributed by atoms with E-state index in [4.69, 9.17) is 10.5 Å². The maximum Gasteiger partial charge on any atom is 0.123 e. The number of piperidine rings is 1. The fourth-order valence-corrected chi connectivity index (χ4v) is 2.58. The SMILES string of the molecule is Nc1cc2c(cn1)C1(CCNCC1)OC2. The first-order chi connectivity index (χ1) is 7.30. The molecule has 3 heterocycles.